The zero-order chi connectivity index (χ0) is 29.4. The second-order valence-corrected chi connectivity index (χ2v) is 12.0. The van der Waals surface area contributed by atoms with Crippen LogP contribution < -0.4 is 10.6 Å². The lowest BCUT2D eigenvalue weighted by molar-refractivity contribution is -0.136. The summed E-state index contributed by atoms with van der Waals surface area (Å²) in [5.41, 5.74) is 4.46. The first kappa shape index (κ1) is 25.8. The van der Waals surface area contributed by atoms with Crippen LogP contribution in [0.15, 0.2) is 42.9 Å². The van der Waals surface area contributed by atoms with Crippen LogP contribution in [0.25, 0.3) is 22.2 Å². The molecule has 4 amide bonds. The maximum atomic E-state index is 14.3. The van der Waals surface area contributed by atoms with E-state index in [9.17, 15) is 23.6 Å². The Kier molecular flexibility index (Phi) is 5.75. The number of amides is 4. The summed E-state index contributed by atoms with van der Waals surface area (Å²) in [5.74, 6) is -1.62. The zero-order valence-electron chi connectivity index (χ0n) is 23.1. The van der Waals surface area contributed by atoms with Crippen LogP contribution in [0.3, 0.4) is 0 Å². The molecule has 4 aliphatic rings. The Morgan fingerprint density at radius 1 is 1.00 bits per heavy atom. The maximum absolute atomic E-state index is 14.3. The molecule has 3 aromatic heterocycles. The number of hydrogen-bond donors (Lipinski definition) is 3. The van der Waals surface area contributed by atoms with Crippen molar-refractivity contribution >= 4 is 40.2 Å². The van der Waals surface area contributed by atoms with Gasteiger partial charge >= 0.3 is 0 Å². The fourth-order valence-electron chi connectivity index (χ4n) is 6.59. The molecule has 0 spiro atoms. The predicted octanol–water partition coefficient (Wildman–Crippen LogP) is 3.91. The van der Waals surface area contributed by atoms with Crippen molar-refractivity contribution in [1.82, 2.24) is 30.0 Å². The van der Waals surface area contributed by atoms with E-state index in [4.69, 9.17) is 5.10 Å². The van der Waals surface area contributed by atoms with Crippen LogP contribution in [-0.4, -0.2) is 60.9 Å². The molecule has 8 rings (SSSR count). The number of rotatable bonds is 7. The Morgan fingerprint density at radius 2 is 1.81 bits per heavy atom. The summed E-state index contributed by atoms with van der Waals surface area (Å²) in [5, 5.41) is 11.4. The van der Waals surface area contributed by atoms with Gasteiger partial charge in [0.2, 0.25) is 11.8 Å². The number of anilines is 1. The Bertz CT molecular complexity index is 1850. The molecule has 1 saturated heterocycles. The highest BCUT2D eigenvalue weighted by Crippen LogP contribution is 2.46. The molecule has 1 aromatic carbocycles. The SMILES string of the molecule is O=C1CCC(N2C(=O)c3ccc(NC[C@H]4C[C@H](n5cc(-c6ncc(F)c7[nH]ccc67)c(C6CC6)n5)C4)cc3C2=O)C(=O)N1. The number of carbonyl (C=O) groups excluding carboxylic acids is 4. The minimum Gasteiger partial charge on any atom is -0.385 e. The van der Waals surface area contributed by atoms with Crippen LogP contribution in [0.5, 0.6) is 0 Å². The first-order valence-corrected chi connectivity index (χ1v) is 14.7. The molecule has 11 nitrogen and oxygen atoms in total. The number of aromatic amines is 1. The summed E-state index contributed by atoms with van der Waals surface area (Å²) in [4.78, 5) is 58.3. The first-order chi connectivity index (χ1) is 20.9. The van der Waals surface area contributed by atoms with E-state index in [1.807, 2.05) is 10.7 Å². The monoisotopic (exact) mass is 581 g/mol. The van der Waals surface area contributed by atoms with E-state index in [1.54, 1.807) is 24.4 Å². The topological polar surface area (TPSA) is 142 Å². The van der Waals surface area contributed by atoms with E-state index in [-0.39, 0.29) is 35.8 Å². The number of pyridine rings is 1. The fourth-order valence-corrected chi connectivity index (χ4v) is 6.59. The fraction of sp³-hybridized carbons (Fsp3) is 0.355. The highest BCUT2D eigenvalue weighted by Gasteiger charge is 2.44. The van der Waals surface area contributed by atoms with Gasteiger partial charge in [-0.15, -0.1) is 0 Å². The molecule has 3 N–H and O–H groups in total. The van der Waals surface area contributed by atoms with Crippen molar-refractivity contribution in [2.45, 2.75) is 56.5 Å². The van der Waals surface area contributed by atoms with Crippen LogP contribution in [-0.2, 0) is 9.59 Å². The highest BCUT2D eigenvalue weighted by molar-refractivity contribution is 6.23. The van der Waals surface area contributed by atoms with Crippen LogP contribution >= 0.6 is 0 Å². The van der Waals surface area contributed by atoms with Crippen LogP contribution in [0, 0.1) is 11.7 Å². The van der Waals surface area contributed by atoms with Gasteiger partial charge in [0.1, 0.15) is 6.04 Å². The average Bonchev–Trinajstić information content (AvgIpc) is 3.42. The van der Waals surface area contributed by atoms with Crippen molar-refractivity contribution in [3.8, 4) is 11.3 Å². The maximum Gasteiger partial charge on any atom is 0.262 e. The van der Waals surface area contributed by atoms with Crippen molar-refractivity contribution in [2.75, 3.05) is 11.9 Å². The van der Waals surface area contributed by atoms with Gasteiger partial charge < -0.3 is 10.3 Å². The molecular formula is C31H28FN7O4. The molecule has 1 atom stereocenters. The number of hydrogen-bond acceptors (Lipinski definition) is 7. The van der Waals surface area contributed by atoms with Crippen LogP contribution in [0.2, 0.25) is 0 Å². The summed E-state index contributed by atoms with van der Waals surface area (Å²) in [7, 11) is 0. The van der Waals surface area contributed by atoms with Gasteiger partial charge in [-0.2, -0.15) is 5.10 Å². The Labute approximate surface area is 244 Å². The van der Waals surface area contributed by atoms with Crippen LogP contribution in [0.4, 0.5) is 10.1 Å². The number of piperidine rings is 1. The molecule has 3 fully saturated rings. The number of aromatic nitrogens is 4. The number of nitrogens with zero attached hydrogens (tertiary/aromatic N) is 4. The zero-order valence-corrected chi connectivity index (χ0v) is 23.1. The second-order valence-electron chi connectivity index (χ2n) is 12.0. The van der Waals surface area contributed by atoms with Gasteiger partial charge in [-0.25, -0.2) is 4.39 Å². The lowest BCUT2D eigenvalue weighted by Gasteiger charge is -2.35. The van der Waals surface area contributed by atoms with Crippen molar-refractivity contribution in [1.29, 1.82) is 0 Å². The van der Waals surface area contributed by atoms with Gasteiger partial charge in [0.15, 0.2) is 5.82 Å². The van der Waals surface area contributed by atoms with Gasteiger partial charge in [-0.1, -0.05) is 0 Å². The van der Waals surface area contributed by atoms with Crippen LogP contribution in [0.1, 0.15) is 76.9 Å². The Hall–Kier alpha value is -4.87. The summed E-state index contributed by atoms with van der Waals surface area (Å²) in [6, 6.07) is 6.17. The van der Waals surface area contributed by atoms with Crippen molar-refractivity contribution in [3.05, 3.63) is 65.5 Å². The number of fused-ring (bicyclic) bond motifs is 2. The molecule has 12 heteroatoms. The molecule has 218 valence electrons. The minimum atomic E-state index is -0.982. The smallest absolute Gasteiger partial charge is 0.262 e. The summed E-state index contributed by atoms with van der Waals surface area (Å²) in [6.45, 7) is 0.696. The third-order valence-electron chi connectivity index (χ3n) is 9.15. The summed E-state index contributed by atoms with van der Waals surface area (Å²) in [6.07, 6.45) is 9.32. The van der Waals surface area contributed by atoms with E-state index < -0.39 is 29.7 Å². The highest BCUT2D eigenvalue weighted by atomic mass is 19.1. The molecular weight excluding hydrogens is 553 g/mol. The number of halogens is 1. The van der Waals surface area contributed by atoms with E-state index in [0.29, 0.717) is 23.9 Å². The van der Waals surface area contributed by atoms with Gasteiger partial charge in [0.05, 0.1) is 40.3 Å². The normalized spacial score (nSPS) is 23.5. The standard InChI is InChI=1S/C31H28FN7O4/c32-23-13-35-27(20-7-8-33-28(20)23)22-14-38(37-26(22)16-1-2-16)18-9-15(10-18)12-34-17-3-4-19-21(11-17)31(43)39(30(19)42)24-5-6-25(40)36-29(24)41/h3-4,7-8,11,13-16,18,24,33-34H,1-2,5-6,9-10,12H2,(H,36,40,41)/t15-,18-,24?. The van der Waals surface area contributed by atoms with E-state index in [1.165, 1.54) is 6.20 Å². The van der Waals surface area contributed by atoms with Gasteiger partial charge in [-0.05, 0) is 62.3 Å². The number of nitrogens with one attached hydrogen (secondary N) is 3. The number of benzene rings is 1. The van der Waals surface area contributed by atoms with E-state index in [2.05, 4.69) is 26.8 Å². The molecule has 2 saturated carbocycles. The molecule has 2 aliphatic heterocycles. The summed E-state index contributed by atoms with van der Waals surface area (Å²) < 4.78 is 16.3. The second kappa shape index (κ2) is 9.58. The van der Waals surface area contributed by atoms with Crippen molar-refractivity contribution in [2.24, 2.45) is 5.92 Å². The largest absolute Gasteiger partial charge is 0.385 e. The van der Waals surface area contributed by atoms with Crippen molar-refractivity contribution in [3.63, 3.8) is 0 Å². The molecule has 2 aliphatic carbocycles. The van der Waals surface area contributed by atoms with Gasteiger partial charge in [-0.3, -0.25) is 39.1 Å². The molecule has 0 radical (unpaired) electrons. The Morgan fingerprint density at radius 3 is 2.60 bits per heavy atom. The first-order valence-electron chi connectivity index (χ1n) is 14.7. The van der Waals surface area contributed by atoms with Gasteiger partial charge in [0, 0.05) is 47.9 Å². The number of H-pyrrole nitrogens is 1. The van der Waals surface area contributed by atoms with Gasteiger partial charge in [0.25, 0.3) is 11.8 Å². The molecule has 1 unspecified atom stereocenters. The quantitative estimate of drug-likeness (QED) is 0.281. The lowest BCUT2D eigenvalue weighted by Crippen LogP contribution is -2.54. The molecule has 0 bridgehead atoms. The minimum absolute atomic E-state index is 0.0840. The lowest BCUT2D eigenvalue weighted by atomic mass is 9.80. The molecule has 43 heavy (non-hydrogen) atoms. The number of imide groups is 2. The Balaban J connectivity index is 0.935. The third-order valence-corrected chi connectivity index (χ3v) is 9.15. The van der Waals surface area contributed by atoms with E-state index >= 15 is 0 Å². The number of carbonyl (C=O) groups is 4. The molecule has 5 heterocycles. The predicted molar refractivity (Wildman–Crippen MR) is 153 cm³/mol. The van der Waals surface area contributed by atoms with E-state index in [0.717, 1.165) is 58.6 Å². The van der Waals surface area contributed by atoms with Crippen molar-refractivity contribution < 1.29 is 23.6 Å². The summed E-state index contributed by atoms with van der Waals surface area (Å²) >= 11 is 0. The average molecular weight is 582 g/mol. The third kappa shape index (κ3) is 4.23. The molecule has 4 aromatic rings.